The Kier molecular flexibility index (Phi) is 8.94. The predicted octanol–water partition coefficient (Wildman–Crippen LogP) is 5.73. The second kappa shape index (κ2) is 10.2. The Hall–Kier alpha value is 0. The molecule has 1 rings (SSSR count). The van der Waals surface area contributed by atoms with Gasteiger partial charge in [0.2, 0.25) is 0 Å². The Bertz CT molecular complexity index is 133. The zero-order valence-electron chi connectivity index (χ0n) is 11.2. The van der Waals surface area contributed by atoms with E-state index in [1.165, 1.54) is 77.0 Å². The molecule has 1 saturated carbocycles. The molecule has 0 aromatic carbocycles. The van der Waals surface area contributed by atoms with Crippen LogP contribution in [0.5, 0.6) is 0 Å². The Balaban J connectivity index is 1.77. The second-order valence-electron chi connectivity index (χ2n) is 5.36. The Morgan fingerprint density at radius 3 is 2.19 bits per heavy atom. The molecule has 0 saturated heterocycles. The zero-order valence-corrected chi connectivity index (χ0v) is 11.2. The van der Waals surface area contributed by atoms with E-state index in [4.69, 9.17) is 0 Å². The number of hydrogen-bond acceptors (Lipinski definition) is 0. The topological polar surface area (TPSA) is 0 Å². The molecule has 94 valence electrons. The third-order valence-corrected chi connectivity index (χ3v) is 3.77. The molecule has 0 bridgehead atoms. The maximum Gasteiger partial charge on any atom is -0.0355 e. The fourth-order valence-electron chi connectivity index (χ4n) is 2.65. The summed E-state index contributed by atoms with van der Waals surface area (Å²) in [5.74, 6) is 0.925. The molecule has 1 fully saturated rings. The van der Waals surface area contributed by atoms with Crippen molar-refractivity contribution in [2.24, 2.45) is 5.92 Å². The molecule has 0 amide bonds. The lowest BCUT2D eigenvalue weighted by Gasteiger charge is -2.20. The summed E-state index contributed by atoms with van der Waals surface area (Å²) in [6.45, 7) is 2.29. The number of unbranched alkanes of at least 4 members (excludes halogenated alkanes) is 7. The predicted molar refractivity (Wildman–Crippen MR) is 73.2 cm³/mol. The number of hydrogen-bond donors (Lipinski definition) is 0. The molecule has 0 heteroatoms. The van der Waals surface area contributed by atoms with Crippen molar-refractivity contribution < 1.29 is 0 Å². The van der Waals surface area contributed by atoms with Crippen molar-refractivity contribution in [2.45, 2.75) is 84.0 Å². The molecule has 0 nitrogen and oxygen atoms in total. The lowest BCUT2D eigenvalue weighted by molar-refractivity contribution is 0.450. The summed E-state index contributed by atoms with van der Waals surface area (Å²) in [4.78, 5) is 0. The van der Waals surface area contributed by atoms with Crippen molar-refractivity contribution in [1.82, 2.24) is 0 Å². The van der Waals surface area contributed by atoms with E-state index in [0.29, 0.717) is 0 Å². The average Bonchev–Trinajstić information content (AvgIpc) is 2.34. The summed E-state index contributed by atoms with van der Waals surface area (Å²) in [6.07, 6.45) is 22.1. The van der Waals surface area contributed by atoms with Gasteiger partial charge in [0.1, 0.15) is 0 Å². The largest absolute Gasteiger partial charge is 0.0654 e. The minimum Gasteiger partial charge on any atom is -0.0654 e. The van der Waals surface area contributed by atoms with Crippen LogP contribution in [-0.4, -0.2) is 0 Å². The smallest absolute Gasteiger partial charge is 0.0355 e. The first-order valence-electron chi connectivity index (χ1n) is 7.58. The van der Waals surface area contributed by atoms with Crippen LogP contribution >= 0.6 is 0 Å². The summed E-state index contributed by atoms with van der Waals surface area (Å²) in [5, 5.41) is 0. The van der Waals surface area contributed by atoms with E-state index in [9.17, 15) is 0 Å². The van der Waals surface area contributed by atoms with Crippen molar-refractivity contribution in [2.75, 3.05) is 0 Å². The molecule has 1 atom stereocenters. The van der Waals surface area contributed by atoms with Gasteiger partial charge in [0.05, 0.1) is 0 Å². The van der Waals surface area contributed by atoms with Crippen LogP contribution in [0.25, 0.3) is 0 Å². The van der Waals surface area contributed by atoms with Crippen LogP contribution in [0.3, 0.4) is 0 Å². The molecule has 0 N–H and O–H groups in total. The molecular formula is C16H30. The molecule has 0 heterocycles. The molecule has 0 spiro atoms. The standard InChI is InChI=1S/C16H30/c1-2-3-4-5-6-7-8-10-13-16-14-11-9-12-15-16/h11,15-16H,2-10,12-14H2,1H3. The lowest BCUT2D eigenvalue weighted by atomic mass is 9.85. The SMILES string of the molecule is CCCCCCCCCCC1[CH]CC[CH]C1. The summed E-state index contributed by atoms with van der Waals surface area (Å²) in [5.41, 5.74) is 0. The van der Waals surface area contributed by atoms with Crippen molar-refractivity contribution in [3.05, 3.63) is 12.8 Å². The van der Waals surface area contributed by atoms with Gasteiger partial charge in [-0.3, -0.25) is 0 Å². The van der Waals surface area contributed by atoms with Gasteiger partial charge in [0.15, 0.2) is 0 Å². The maximum atomic E-state index is 2.56. The van der Waals surface area contributed by atoms with E-state index in [1.54, 1.807) is 0 Å². The van der Waals surface area contributed by atoms with E-state index < -0.39 is 0 Å². The van der Waals surface area contributed by atoms with E-state index >= 15 is 0 Å². The molecule has 1 unspecified atom stereocenters. The minimum absolute atomic E-state index is 0.925. The van der Waals surface area contributed by atoms with Gasteiger partial charge >= 0.3 is 0 Å². The molecule has 1 aliphatic carbocycles. The van der Waals surface area contributed by atoms with Gasteiger partial charge in [0, 0.05) is 0 Å². The van der Waals surface area contributed by atoms with Gasteiger partial charge in [-0.25, -0.2) is 0 Å². The number of rotatable bonds is 9. The van der Waals surface area contributed by atoms with Crippen molar-refractivity contribution in [3.63, 3.8) is 0 Å². The van der Waals surface area contributed by atoms with Gasteiger partial charge in [-0.05, 0) is 38.0 Å². The molecule has 0 aromatic heterocycles. The van der Waals surface area contributed by atoms with Crippen LogP contribution in [0, 0.1) is 18.8 Å². The summed E-state index contributed by atoms with van der Waals surface area (Å²) < 4.78 is 0. The van der Waals surface area contributed by atoms with Crippen LogP contribution in [0.2, 0.25) is 0 Å². The quantitative estimate of drug-likeness (QED) is 0.437. The normalized spacial score (nSPS) is 17.8. The minimum atomic E-state index is 0.925. The van der Waals surface area contributed by atoms with Crippen LogP contribution in [0.15, 0.2) is 0 Å². The highest BCUT2D eigenvalue weighted by molar-refractivity contribution is 4.88. The second-order valence-corrected chi connectivity index (χ2v) is 5.36. The van der Waals surface area contributed by atoms with E-state index in [-0.39, 0.29) is 0 Å². The Morgan fingerprint density at radius 2 is 1.56 bits per heavy atom. The van der Waals surface area contributed by atoms with Crippen LogP contribution in [0.1, 0.15) is 84.0 Å². The highest BCUT2D eigenvalue weighted by Gasteiger charge is 2.12. The fourth-order valence-corrected chi connectivity index (χ4v) is 2.65. The maximum absolute atomic E-state index is 2.56. The molecule has 0 aliphatic heterocycles. The Morgan fingerprint density at radius 1 is 0.875 bits per heavy atom. The van der Waals surface area contributed by atoms with Gasteiger partial charge in [-0.2, -0.15) is 0 Å². The highest BCUT2D eigenvalue weighted by atomic mass is 14.2. The van der Waals surface area contributed by atoms with Crippen molar-refractivity contribution in [1.29, 1.82) is 0 Å². The third kappa shape index (κ3) is 7.30. The third-order valence-electron chi connectivity index (χ3n) is 3.77. The fraction of sp³-hybridized carbons (Fsp3) is 0.875. The first kappa shape index (κ1) is 14.1. The molecule has 0 aromatic rings. The molecule has 1 aliphatic rings. The van der Waals surface area contributed by atoms with Gasteiger partial charge in [-0.1, -0.05) is 64.7 Å². The van der Waals surface area contributed by atoms with Crippen molar-refractivity contribution in [3.8, 4) is 0 Å². The first-order valence-corrected chi connectivity index (χ1v) is 7.58. The summed E-state index contributed by atoms with van der Waals surface area (Å²) >= 11 is 0. The van der Waals surface area contributed by atoms with E-state index in [0.717, 1.165) is 5.92 Å². The van der Waals surface area contributed by atoms with E-state index in [2.05, 4.69) is 19.8 Å². The summed E-state index contributed by atoms with van der Waals surface area (Å²) in [7, 11) is 0. The molecule has 2 radical (unpaired) electrons. The van der Waals surface area contributed by atoms with Crippen molar-refractivity contribution >= 4 is 0 Å². The van der Waals surface area contributed by atoms with Crippen LogP contribution < -0.4 is 0 Å². The van der Waals surface area contributed by atoms with E-state index in [1.807, 2.05) is 0 Å². The zero-order chi connectivity index (χ0) is 11.5. The highest BCUT2D eigenvalue weighted by Crippen LogP contribution is 2.26. The van der Waals surface area contributed by atoms with Crippen LogP contribution in [0.4, 0.5) is 0 Å². The monoisotopic (exact) mass is 222 g/mol. The average molecular weight is 222 g/mol. The first-order chi connectivity index (χ1) is 7.93. The Labute approximate surface area is 103 Å². The van der Waals surface area contributed by atoms with Gasteiger partial charge in [0.25, 0.3) is 0 Å². The van der Waals surface area contributed by atoms with Crippen LogP contribution in [-0.2, 0) is 0 Å². The van der Waals surface area contributed by atoms with Gasteiger partial charge in [-0.15, -0.1) is 0 Å². The lowest BCUT2D eigenvalue weighted by Crippen LogP contribution is -2.07. The van der Waals surface area contributed by atoms with Gasteiger partial charge < -0.3 is 0 Å². The molecule has 16 heavy (non-hydrogen) atoms. The molecular weight excluding hydrogens is 192 g/mol. The summed E-state index contributed by atoms with van der Waals surface area (Å²) in [6, 6.07) is 0.